The number of fused-ring (bicyclic) bond motifs is 1. The molecular formula is C20H23BrN2O. The van der Waals surface area contributed by atoms with Gasteiger partial charge in [0.1, 0.15) is 0 Å². The Morgan fingerprint density at radius 2 is 1.96 bits per heavy atom. The maximum atomic E-state index is 9.47. The molecule has 126 valence electrons. The van der Waals surface area contributed by atoms with Gasteiger partial charge in [-0.3, -0.25) is 0 Å². The number of aliphatic hydroxyl groups is 1. The number of nitrogens with zero attached hydrogens (tertiary/aromatic N) is 1. The lowest BCUT2D eigenvalue weighted by Gasteiger charge is -2.24. The van der Waals surface area contributed by atoms with Crippen LogP contribution in [0.15, 0.2) is 53.0 Å². The topological polar surface area (TPSA) is 39.3 Å². The fourth-order valence-electron chi connectivity index (χ4n) is 2.95. The number of anilines is 1. The van der Waals surface area contributed by atoms with Crippen LogP contribution in [0.4, 0.5) is 5.69 Å². The second-order valence-corrected chi connectivity index (χ2v) is 7.34. The van der Waals surface area contributed by atoms with E-state index in [4.69, 9.17) is 0 Å². The van der Waals surface area contributed by atoms with Crippen molar-refractivity contribution in [3.05, 3.63) is 64.3 Å². The number of hydrogen-bond acceptors (Lipinski definition) is 2. The molecule has 3 aromatic rings. The van der Waals surface area contributed by atoms with Crippen molar-refractivity contribution in [3.8, 4) is 0 Å². The van der Waals surface area contributed by atoms with Gasteiger partial charge in [-0.05, 0) is 47.2 Å². The van der Waals surface area contributed by atoms with Gasteiger partial charge in [0.2, 0.25) is 0 Å². The first-order chi connectivity index (χ1) is 11.6. The zero-order chi connectivity index (χ0) is 17.1. The fraction of sp³-hybridized carbons (Fsp3) is 0.300. The average molecular weight is 387 g/mol. The summed E-state index contributed by atoms with van der Waals surface area (Å²) in [5, 5.41) is 10.7. The monoisotopic (exact) mass is 386 g/mol. The first-order valence-corrected chi connectivity index (χ1v) is 9.09. The first-order valence-electron chi connectivity index (χ1n) is 8.29. The Kier molecular flexibility index (Phi) is 5.27. The normalized spacial score (nSPS) is 11.4. The smallest absolute Gasteiger partial charge is 0.0606 e. The molecule has 0 spiro atoms. The van der Waals surface area contributed by atoms with Crippen LogP contribution in [0.1, 0.15) is 31.0 Å². The van der Waals surface area contributed by atoms with Crippen molar-refractivity contribution in [1.29, 1.82) is 0 Å². The Balaban J connectivity index is 1.88. The lowest BCUT2D eigenvalue weighted by molar-refractivity contribution is 0.301. The molecule has 4 heteroatoms. The van der Waals surface area contributed by atoms with E-state index >= 15 is 0 Å². The van der Waals surface area contributed by atoms with Crippen LogP contribution in [-0.4, -0.2) is 23.2 Å². The molecule has 0 amide bonds. The highest BCUT2D eigenvalue weighted by Gasteiger charge is 2.11. The van der Waals surface area contributed by atoms with Gasteiger partial charge >= 0.3 is 0 Å². The SMILES string of the molecule is CC(C)c1cccc(N(CCO)Cc2cc3ccc(Br)cc3[nH]2)c1. The number of aromatic nitrogens is 1. The molecule has 1 heterocycles. The summed E-state index contributed by atoms with van der Waals surface area (Å²) in [5.41, 5.74) is 4.73. The molecule has 0 saturated heterocycles. The van der Waals surface area contributed by atoms with Crippen molar-refractivity contribution in [1.82, 2.24) is 4.98 Å². The summed E-state index contributed by atoms with van der Waals surface area (Å²) in [4.78, 5) is 5.69. The lowest BCUT2D eigenvalue weighted by atomic mass is 10.0. The molecule has 0 aliphatic rings. The second kappa shape index (κ2) is 7.41. The van der Waals surface area contributed by atoms with Gasteiger partial charge in [0.15, 0.2) is 0 Å². The molecule has 3 nitrogen and oxygen atoms in total. The number of halogens is 1. The van der Waals surface area contributed by atoms with Gasteiger partial charge in [0, 0.05) is 27.9 Å². The molecule has 0 saturated carbocycles. The molecule has 0 atom stereocenters. The maximum Gasteiger partial charge on any atom is 0.0606 e. The van der Waals surface area contributed by atoms with E-state index in [0.717, 1.165) is 27.9 Å². The molecule has 24 heavy (non-hydrogen) atoms. The Labute approximate surface area is 151 Å². The van der Waals surface area contributed by atoms with E-state index in [9.17, 15) is 5.11 Å². The molecule has 0 fully saturated rings. The second-order valence-electron chi connectivity index (χ2n) is 6.42. The summed E-state index contributed by atoms with van der Waals surface area (Å²) >= 11 is 3.51. The standard InChI is InChI=1S/C20H23BrN2O/c1-14(2)15-4-3-5-19(11-15)23(8-9-24)13-18-10-16-6-7-17(21)12-20(16)22-18/h3-7,10-12,14,22,24H,8-9,13H2,1-2H3. The van der Waals surface area contributed by atoms with Crippen LogP contribution < -0.4 is 4.90 Å². The van der Waals surface area contributed by atoms with Crippen molar-refractivity contribution in [2.75, 3.05) is 18.1 Å². The van der Waals surface area contributed by atoms with Gasteiger partial charge in [-0.2, -0.15) is 0 Å². The number of rotatable bonds is 6. The molecule has 2 aromatic carbocycles. The minimum absolute atomic E-state index is 0.137. The quantitative estimate of drug-likeness (QED) is 0.621. The van der Waals surface area contributed by atoms with Gasteiger partial charge in [-0.25, -0.2) is 0 Å². The van der Waals surface area contributed by atoms with Crippen molar-refractivity contribution in [2.24, 2.45) is 0 Å². The van der Waals surface area contributed by atoms with Crippen molar-refractivity contribution >= 4 is 32.5 Å². The summed E-state index contributed by atoms with van der Waals surface area (Å²) in [7, 11) is 0. The van der Waals surface area contributed by atoms with E-state index < -0.39 is 0 Å². The van der Waals surface area contributed by atoms with Crippen LogP contribution in [0.2, 0.25) is 0 Å². The Bertz CT molecular complexity index is 825. The van der Waals surface area contributed by atoms with Crippen LogP contribution in [0.5, 0.6) is 0 Å². The van der Waals surface area contributed by atoms with Gasteiger partial charge in [0.05, 0.1) is 13.2 Å². The molecule has 0 aliphatic carbocycles. The molecule has 2 N–H and O–H groups in total. The molecule has 0 aliphatic heterocycles. The van der Waals surface area contributed by atoms with E-state index in [1.165, 1.54) is 10.9 Å². The summed E-state index contributed by atoms with van der Waals surface area (Å²) in [6, 6.07) is 17.0. The number of H-pyrrole nitrogens is 1. The van der Waals surface area contributed by atoms with Gasteiger partial charge in [-0.15, -0.1) is 0 Å². The highest BCUT2D eigenvalue weighted by atomic mass is 79.9. The first kappa shape index (κ1) is 17.1. The van der Waals surface area contributed by atoms with Gasteiger partial charge in [-0.1, -0.05) is 48.0 Å². The predicted molar refractivity (Wildman–Crippen MR) is 105 cm³/mol. The van der Waals surface area contributed by atoms with E-state index in [2.05, 4.69) is 88.2 Å². The van der Waals surface area contributed by atoms with Crippen molar-refractivity contribution in [2.45, 2.75) is 26.3 Å². The molecule has 3 rings (SSSR count). The lowest BCUT2D eigenvalue weighted by Crippen LogP contribution is -2.26. The Morgan fingerprint density at radius 1 is 1.12 bits per heavy atom. The molecule has 0 bridgehead atoms. The van der Waals surface area contributed by atoms with E-state index in [-0.39, 0.29) is 6.61 Å². The summed E-state index contributed by atoms with van der Waals surface area (Å²) in [6.07, 6.45) is 0. The molecular weight excluding hydrogens is 364 g/mol. The molecule has 1 aromatic heterocycles. The Hall–Kier alpha value is -1.78. The van der Waals surface area contributed by atoms with Crippen LogP contribution >= 0.6 is 15.9 Å². The summed E-state index contributed by atoms with van der Waals surface area (Å²) in [6.45, 7) is 5.89. The highest BCUT2D eigenvalue weighted by molar-refractivity contribution is 9.10. The zero-order valence-corrected chi connectivity index (χ0v) is 15.7. The zero-order valence-electron chi connectivity index (χ0n) is 14.1. The number of aliphatic hydroxyl groups excluding tert-OH is 1. The van der Waals surface area contributed by atoms with Crippen molar-refractivity contribution < 1.29 is 5.11 Å². The molecule has 0 radical (unpaired) electrons. The summed E-state index contributed by atoms with van der Waals surface area (Å²) in [5.74, 6) is 0.492. The minimum Gasteiger partial charge on any atom is -0.395 e. The number of nitrogens with one attached hydrogen (secondary N) is 1. The average Bonchev–Trinajstić information content (AvgIpc) is 2.96. The Morgan fingerprint density at radius 3 is 2.71 bits per heavy atom. The third kappa shape index (κ3) is 3.82. The minimum atomic E-state index is 0.137. The van der Waals surface area contributed by atoms with E-state index in [1.54, 1.807) is 0 Å². The van der Waals surface area contributed by atoms with Crippen LogP contribution in [0.3, 0.4) is 0 Å². The highest BCUT2D eigenvalue weighted by Crippen LogP contribution is 2.25. The largest absolute Gasteiger partial charge is 0.395 e. The third-order valence-corrected chi connectivity index (χ3v) is 4.77. The van der Waals surface area contributed by atoms with E-state index in [1.807, 2.05) is 0 Å². The molecule has 0 unspecified atom stereocenters. The van der Waals surface area contributed by atoms with Crippen molar-refractivity contribution in [3.63, 3.8) is 0 Å². The van der Waals surface area contributed by atoms with E-state index in [0.29, 0.717) is 12.5 Å². The van der Waals surface area contributed by atoms with Crippen LogP contribution in [-0.2, 0) is 6.54 Å². The van der Waals surface area contributed by atoms with Gasteiger partial charge in [0.25, 0.3) is 0 Å². The number of aromatic amines is 1. The van der Waals surface area contributed by atoms with Gasteiger partial charge < -0.3 is 15.0 Å². The number of benzene rings is 2. The van der Waals surface area contributed by atoms with Crippen LogP contribution in [0.25, 0.3) is 10.9 Å². The fourth-order valence-corrected chi connectivity index (χ4v) is 3.31. The number of hydrogen-bond donors (Lipinski definition) is 2. The third-order valence-electron chi connectivity index (χ3n) is 4.27. The van der Waals surface area contributed by atoms with Crippen LogP contribution in [0, 0.1) is 0 Å². The summed E-state index contributed by atoms with van der Waals surface area (Å²) < 4.78 is 1.07. The maximum absolute atomic E-state index is 9.47. The predicted octanol–water partition coefficient (Wildman–Crippen LogP) is 5.05.